The largest absolute Gasteiger partial charge is 0.458 e. The highest BCUT2D eigenvalue weighted by molar-refractivity contribution is 5.66. The number of hydrogen-bond donors (Lipinski definition) is 0. The Labute approximate surface area is 86.3 Å². The van der Waals surface area contributed by atoms with Gasteiger partial charge in [0.15, 0.2) is 0 Å². The van der Waals surface area contributed by atoms with Gasteiger partial charge in [0.25, 0.3) is 0 Å². The van der Waals surface area contributed by atoms with Crippen molar-refractivity contribution in [3.05, 3.63) is 12.2 Å². The third kappa shape index (κ3) is 2.86. The molecular formula is C12H20O2. The summed E-state index contributed by atoms with van der Waals surface area (Å²) < 4.78 is 5.25. The van der Waals surface area contributed by atoms with Gasteiger partial charge in [0.05, 0.1) is 0 Å². The lowest BCUT2D eigenvalue weighted by atomic mass is 9.78. The molecule has 2 atom stereocenters. The van der Waals surface area contributed by atoms with Gasteiger partial charge in [0.2, 0.25) is 0 Å². The smallest absolute Gasteiger partial charge is 0.303 e. The van der Waals surface area contributed by atoms with Crippen LogP contribution in [0.3, 0.4) is 0 Å². The van der Waals surface area contributed by atoms with Gasteiger partial charge in [-0.05, 0) is 36.7 Å². The van der Waals surface area contributed by atoms with E-state index in [-0.39, 0.29) is 12.1 Å². The molecule has 14 heavy (non-hydrogen) atoms. The Morgan fingerprint density at radius 2 is 2.21 bits per heavy atom. The average molecular weight is 196 g/mol. The maximum Gasteiger partial charge on any atom is 0.303 e. The monoisotopic (exact) mass is 196 g/mol. The molecule has 0 aromatic heterocycles. The first kappa shape index (κ1) is 11.3. The molecule has 80 valence electrons. The zero-order valence-electron chi connectivity index (χ0n) is 9.38. The van der Waals surface area contributed by atoms with E-state index in [2.05, 4.69) is 20.4 Å². The topological polar surface area (TPSA) is 26.3 Å². The van der Waals surface area contributed by atoms with Crippen molar-refractivity contribution in [1.82, 2.24) is 0 Å². The van der Waals surface area contributed by atoms with Gasteiger partial charge in [0.1, 0.15) is 6.10 Å². The number of hydrogen-bond acceptors (Lipinski definition) is 2. The van der Waals surface area contributed by atoms with Crippen LogP contribution in [-0.4, -0.2) is 12.1 Å². The van der Waals surface area contributed by atoms with E-state index in [9.17, 15) is 4.79 Å². The lowest BCUT2D eigenvalue weighted by molar-refractivity contribution is -0.146. The third-order valence-electron chi connectivity index (χ3n) is 3.06. The summed E-state index contributed by atoms with van der Waals surface area (Å²) in [5, 5.41) is 0. The SMILES string of the molecule is C=C1CCC(C(C)C)CC1OC(C)=O. The van der Waals surface area contributed by atoms with Crippen LogP contribution in [0.15, 0.2) is 12.2 Å². The molecule has 0 N–H and O–H groups in total. The van der Waals surface area contributed by atoms with E-state index < -0.39 is 0 Å². The zero-order chi connectivity index (χ0) is 10.7. The molecule has 2 heteroatoms. The molecule has 0 radical (unpaired) electrons. The molecule has 2 unspecified atom stereocenters. The number of ether oxygens (including phenoxy) is 1. The van der Waals surface area contributed by atoms with E-state index in [4.69, 9.17) is 4.74 Å². The molecule has 0 saturated heterocycles. The van der Waals surface area contributed by atoms with Crippen LogP contribution < -0.4 is 0 Å². The maximum absolute atomic E-state index is 10.9. The Morgan fingerprint density at radius 3 is 2.71 bits per heavy atom. The molecule has 0 aliphatic heterocycles. The van der Waals surface area contributed by atoms with Crippen molar-refractivity contribution in [2.45, 2.75) is 46.1 Å². The predicted octanol–water partition coefficient (Wildman–Crippen LogP) is 2.93. The molecule has 0 aromatic rings. The van der Waals surface area contributed by atoms with Gasteiger partial charge in [-0.2, -0.15) is 0 Å². The molecule has 1 aliphatic carbocycles. The summed E-state index contributed by atoms with van der Waals surface area (Å²) >= 11 is 0. The molecule has 1 saturated carbocycles. The molecule has 0 bridgehead atoms. The molecule has 0 aromatic carbocycles. The molecule has 2 nitrogen and oxygen atoms in total. The quantitative estimate of drug-likeness (QED) is 0.501. The van der Waals surface area contributed by atoms with Crippen LogP contribution >= 0.6 is 0 Å². The van der Waals surface area contributed by atoms with Crippen molar-refractivity contribution in [3.63, 3.8) is 0 Å². The highest BCUT2D eigenvalue weighted by Gasteiger charge is 2.28. The third-order valence-corrected chi connectivity index (χ3v) is 3.06. The van der Waals surface area contributed by atoms with Gasteiger partial charge in [-0.1, -0.05) is 20.4 Å². The second kappa shape index (κ2) is 4.63. The summed E-state index contributed by atoms with van der Waals surface area (Å²) in [5.74, 6) is 1.14. The fraction of sp³-hybridized carbons (Fsp3) is 0.750. The van der Waals surface area contributed by atoms with Crippen LogP contribution in [0.4, 0.5) is 0 Å². The molecule has 1 aliphatic rings. The fourth-order valence-corrected chi connectivity index (χ4v) is 2.03. The predicted molar refractivity (Wildman–Crippen MR) is 56.9 cm³/mol. The highest BCUT2D eigenvalue weighted by Crippen LogP contribution is 2.33. The molecule has 0 amide bonds. The molecule has 0 spiro atoms. The van der Waals surface area contributed by atoms with Gasteiger partial charge in [0, 0.05) is 6.92 Å². The Balaban J connectivity index is 2.55. The summed E-state index contributed by atoms with van der Waals surface area (Å²) in [4.78, 5) is 10.9. The number of carbonyl (C=O) groups is 1. The summed E-state index contributed by atoms with van der Waals surface area (Å²) in [7, 11) is 0. The van der Waals surface area contributed by atoms with Crippen molar-refractivity contribution in [2.24, 2.45) is 11.8 Å². The van der Waals surface area contributed by atoms with Crippen molar-refractivity contribution in [1.29, 1.82) is 0 Å². The minimum Gasteiger partial charge on any atom is -0.458 e. The van der Waals surface area contributed by atoms with E-state index in [1.165, 1.54) is 13.3 Å². The standard InChI is InChI=1S/C12H20O2/c1-8(2)11-6-5-9(3)12(7-11)14-10(4)13/h8,11-12H,3,5-7H2,1-2,4H3. The Morgan fingerprint density at radius 1 is 1.57 bits per heavy atom. The first-order valence-corrected chi connectivity index (χ1v) is 5.35. The lowest BCUT2D eigenvalue weighted by Crippen LogP contribution is -2.28. The normalized spacial score (nSPS) is 27.9. The van der Waals surface area contributed by atoms with Gasteiger partial charge in [-0.3, -0.25) is 4.79 Å². The van der Waals surface area contributed by atoms with Crippen molar-refractivity contribution >= 4 is 5.97 Å². The fourth-order valence-electron chi connectivity index (χ4n) is 2.03. The minimum absolute atomic E-state index is 0.0337. The van der Waals surface area contributed by atoms with Crippen LogP contribution in [0, 0.1) is 11.8 Å². The van der Waals surface area contributed by atoms with Crippen LogP contribution in [0.1, 0.15) is 40.0 Å². The molecule has 1 fully saturated rings. The number of carbonyl (C=O) groups excluding carboxylic acids is 1. The van der Waals surface area contributed by atoms with E-state index in [0.29, 0.717) is 11.8 Å². The van der Waals surface area contributed by atoms with E-state index in [1.54, 1.807) is 0 Å². The highest BCUT2D eigenvalue weighted by atomic mass is 16.5. The second-order valence-corrected chi connectivity index (χ2v) is 4.53. The molecule has 0 heterocycles. The number of rotatable bonds is 2. The molecular weight excluding hydrogens is 176 g/mol. The van der Waals surface area contributed by atoms with Crippen LogP contribution in [0.2, 0.25) is 0 Å². The maximum atomic E-state index is 10.9. The van der Waals surface area contributed by atoms with E-state index >= 15 is 0 Å². The Kier molecular flexibility index (Phi) is 3.73. The minimum atomic E-state index is -0.194. The molecule has 1 rings (SSSR count). The number of esters is 1. The Hall–Kier alpha value is -0.790. The van der Waals surface area contributed by atoms with E-state index in [1.807, 2.05) is 0 Å². The van der Waals surface area contributed by atoms with Gasteiger partial charge >= 0.3 is 5.97 Å². The summed E-state index contributed by atoms with van der Waals surface area (Å²) in [5.41, 5.74) is 1.08. The van der Waals surface area contributed by atoms with E-state index in [0.717, 1.165) is 18.4 Å². The van der Waals surface area contributed by atoms with Crippen molar-refractivity contribution in [2.75, 3.05) is 0 Å². The first-order valence-electron chi connectivity index (χ1n) is 5.35. The van der Waals surface area contributed by atoms with Crippen LogP contribution in [0.5, 0.6) is 0 Å². The van der Waals surface area contributed by atoms with Crippen LogP contribution in [0.25, 0.3) is 0 Å². The van der Waals surface area contributed by atoms with Gasteiger partial charge in [-0.25, -0.2) is 0 Å². The lowest BCUT2D eigenvalue weighted by Gasteiger charge is -2.32. The van der Waals surface area contributed by atoms with Crippen LogP contribution in [-0.2, 0) is 9.53 Å². The Bertz CT molecular complexity index is 230. The van der Waals surface area contributed by atoms with Crippen molar-refractivity contribution < 1.29 is 9.53 Å². The van der Waals surface area contributed by atoms with Gasteiger partial charge in [-0.15, -0.1) is 0 Å². The summed E-state index contributed by atoms with van der Waals surface area (Å²) in [6.45, 7) is 9.88. The van der Waals surface area contributed by atoms with Gasteiger partial charge < -0.3 is 4.74 Å². The van der Waals surface area contributed by atoms with Crippen molar-refractivity contribution in [3.8, 4) is 0 Å². The second-order valence-electron chi connectivity index (χ2n) is 4.53. The average Bonchev–Trinajstić information content (AvgIpc) is 2.07. The first-order chi connectivity index (χ1) is 6.50. The zero-order valence-corrected chi connectivity index (χ0v) is 9.38. The summed E-state index contributed by atoms with van der Waals surface area (Å²) in [6.07, 6.45) is 3.11. The summed E-state index contributed by atoms with van der Waals surface area (Å²) in [6, 6.07) is 0.